The molecule has 0 spiro atoms. The summed E-state index contributed by atoms with van der Waals surface area (Å²) >= 11 is 5.82. The van der Waals surface area contributed by atoms with Gasteiger partial charge in [-0.25, -0.2) is 0 Å². The highest BCUT2D eigenvalue weighted by Gasteiger charge is 2.42. The molecule has 14 heavy (non-hydrogen) atoms. The highest BCUT2D eigenvalue weighted by molar-refractivity contribution is 6.18. The smallest absolute Gasteiger partial charge is 0.249 e. The van der Waals surface area contributed by atoms with Crippen molar-refractivity contribution in [2.24, 2.45) is 5.41 Å². The minimum Gasteiger partial charge on any atom is -0.368 e. The summed E-state index contributed by atoms with van der Waals surface area (Å²) in [5, 5.41) is 2.93. The van der Waals surface area contributed by atoms with Crippen LogP contribution in [0.4, 0.5) is 0 Å². The number of hydrogen-bond donors (Lipinski definition) is 1. The molecule has 1 aliphatic carbocycles. The van der Waals surface area contributed by atoms with Crippen LogP contribution in [0.2, 0.25) is 0 Å². The second-order valence-corrected chi connectivity index (χ2v) is 4.62. The molecule has 1 atom stereocenters. The van der Waals surface area contributed by atoms with E-state index in [2.05, 4.69) is 5.32 Å². The highest BCUT2D eigenvalue weighted by atomic mass is 35.5. The Hall–Kier alpha value is -0.280. The molecule has 80 valence electrons. The minimum absolute atomic E-state index is 0.0406. The van der Waals surface area contributed by atoms with Crippen molar-refractivity contribution in [3.63, 3.8) is 0 Å². The fraction of sp³-hybridized carbons (Fsp3) is 0.900. The number of alkyl halides is 1. The van der Waals surface area contributed by atoms with Gasteiger partial charge in [-0.3, -0.25) is 4.79 Å². The zero-order chi connectivity index (χ0) is 10.0. The Morgan fingerprint density at radius 3 is 2.86 bits per heavy atom. The van der Waals surface area contributed by atoms with E-state index < -0.39 is 0 Å². The van der Waals surface area contributed by atoms with Crippen LogP contribution in [0, 0.1) is 5.41 Å². The van der Waals surface area contributed by atoms with Crippen LogP contribution >= 0.6 is 11.6 Å². The third-order valence-corrected chi connectivity index (χ3v) is 3.67. The lowest BCUT2D eigenvalue weighted by atomic mass is 10.1. The second kappa shape index (κ2) is 4.07. The van der Waals surface area contributed by atoms with Gasteiger partial charge in [0.25, 0.3) is 0 Å². The number of nitrogens with one attached hydrogen (secondary N) is 1. The molecule has 0 aromatic heterocycles. The predicted molar refractivity (Wildman–Crippen MR) is 54.4 cm³/mol. The topological polar surface area (TPSA) is 38.3 Å². The molecule has 0 aromatic carbocycles. The van der Waals surface area contributed by atoms with E-state index >= 15 is 0 Å². The van der Waals surface area contributed by atoms with Gasteiger partial charge in [0, 0.05) is 24.4 Å². The summed E-state index contributed by atoms with van der Waals surface area (Å²) in [5.41, 5.74) is 0.204. The third kappa shape index (κ3) is 2.20. The van der Waals surface area contributed by atoms with E-state index in [9.17, 15) is 4.79 Å². The molecule has 1 aliphatic heterocycles. The fourth-order valence-corrected chi connectivity index (χ4v) is 2.07. The van der Waals surface area contributed by atoms with Gasteiger partial charge in [-0.1, -0.05) is 0 Å². The first-order valence-corrected chi connectivity index (χ1v) is 5.74. The van der Waals surface area contributed by atoms with E-state index in [1.165, 1.54) is 0 Å². The maximum absolute atomic E-state index is 11.6. The van der Waals surface area contributed by atoms with Gasteiger partial charge >= 0.3 is 0 Å². The molecule has 0 bridgehead atoms. The molecule has 2 fully saturated rings. The van der Waals surface area contributed by atoms with Crippen molar-refractivity contribution >= 4 is 17.5 Å². The van der Waals surface area contributed by atoms with E-state index in [1.807, 2.05) is 0 Å². The van der Waals surface area contributed by atoms with E-state index in [-0.39, 0.29) is 17.4 Å². The highest BCUT2D eigenvalue weighted by Crippen LogP contribution is 2.45. The Kier molecular flexibility index (Phi) is 2.98. The molecular weight excluding hydrogens is 202 g/mol. The maximum Gasteiger partial charge on any atom is 0.249 e. The molecule has 3 nitrogen and oxygen atoms in total. The van der Waals surface area contributed by atoms with Gasteiger partial charge in [-0.15, -0.1) is 11.6 Å². The van der Waals surface area contributed by atoms with Gasteiger partial charge < -0.3 is 10.1 Å². The summed E-state index contributed by atoms with van der Waals surface area (Å²) in [6.07, 6.45) is 3.93. The Morgan fingerprint density at radius 1 is 1.57 bits per heavy atom. The van der Waals surface area contributed by atoms with Crippen LogP contribution in [0.1, 0.15) is 25.7 Å². The molecule has 1 unspecified atom stereocenters. The molecule has 1 heterocycles. The Morgan fingerprint density at radius 2 is 2.36 bits per heavy atom. The zero-order valence-corrected chi connectivity index (χ0v) is 8.98. The molecule has 4 heteroatoms. The molecule has 2 aliphatic rings. The van der Waals surface area contributed by atoms with Crippen LogP contribution in [0.25, 0.3) is 0 Å². The van der Waals surface area contributed by atoms with Gasteiger partial charge in [0.2, 0.25) is 5.91 Å². The molecule has 1 saturated carbocycles. The van der Waals surface area contributed by atoms with Crippen molar-refractivity contribution in [2.75, 3.05) is 19.0 Å². The number of amides is 1. The largest absolute Gasteiger partial charge is 0.368 e. The number of halogens is 1. The summed E-state index contributed by atoms with van der Waals surface area (Å²) in [7, 11) is 0. The number of ether oxygens (including phenoxy) is 1. The summed E-state index contributed by atoms with van der Waals surface area (Å²) in [4.78, 5) is 11.6. The number of carbonyl (C=O) groups excluding carboxylic acids is 1. The normalized spacial score (nSPS) is 28.8. The van der Waals surface area contributed by atoms with Crippen LogP contribution in [0.5, 0.6) is 0 Å². The number of rotatable bonds is 4. The summed E-state index contributed by atoms with van der Waals surface area (Å²) in [6.45, 7) is 1.44. The third-order valence-electron chi connectivity index (χ3n) is 3.10. The standard InChI is InChI=1S/C10H16ClNO2/c11-6-10(3-4-10)7-12-9(13)8-2-1-5-14-8/h8H,1-7H2,(H,12,13). The van der Waals surface area contributed by atoms with Gasteiger partial charge in [0.15, 0.2) is 0 Å². The van der Waals surface area contributed by atoms with Crippen molar-refractivity contribution in [2.45, 2.75) is 31.8 Å². The fourth-order valence-electron chi connectivity index (χ4n) is 1.71. The average molecular weight is 218 g/mol. The first-order chi connectivity index (χ1) is 6.76. The maximum atomic E-state index is 11.6. The molecule has 2 rings (SSSR count). The first kappa shape index (κ1) is 10.2. The van der Waals surface area contributed by atoms with Crippen molar-refractivity contribution in [3.8, 4) is 0 Å². The molecule has 0 aromatic rings. The van der Waals surface area contributed by atoms with Gasteiger partial charge in [-0.2, -0.15) is 0 Å². The summed E-state index contributed by atoms with van der Waals surface area (Å²) in [5.74, 6) is 0.692. The quantitative estimate of drug-likeness (QED) is 0.721. The summed E-state index contributed by atoms with van der Waals surface area (Å²) in [6, 6.07) is 0. The average Bonchev–Trinajstić information content (AvgIpc) is 2.78. The Balaban J connectivity index is 1.72. The van der Waals surface area contributed by atoms with Crippen LogP contribution in [0.15, 0.2) is 0 Å². The van der Waals surface area contributed by atoms with Gasteiger partial charge in [0.05, 0.1) is 0 Å². The number of hydrogen-bond acceptors (Lipinski definition) is 2. The monoisotopic (exact) mass is 217 g/mol. The van der Waals surface area contributed by atoms with Crippen molar-refractivity contribution in [1.82, 2.24) is 5.32 Å². The Bertz CT molecular complexity index is 222. The zero-order valence-electron chi connectivity index (χ0n) is 8.22. The lowest BCUT2D eigenvalue weighted by molar-refractivity contribution is -0.130. The molecule has 1 saturated heterocycles. The van der Waals surface area contributed by atoms with Crippen molar-refractivity contribution in [1.29, 1.82) is 0 Å². The van der Waals surface area contributed by atoms with Crippen molar-refractivity contribution in [3.05, 3.63) is 0 Å². The van der Waals surface area contributed by atoms with Crippen LogP contribution in [-0.4, -0.2) is 31.0 Å². The molecule has 1 amide bonds. The van der Waals surface area contributed by atoms with Crippen LogP contribution in [0.3, 0.4) is 0 Å². The summed E-state index contributed by atoms with van der Waals surface area (Å²) < 4.78 is 5.29. The lowest BCUT2D eigenvalue weighted by Crippen LogP contribution is -2.38. The molecular formula is C10H16ClNO2. The van der Waals surface area contributed by atoms with E-state index in [1.54, 1.807) is 0 Å². The SMILES string of the molecule is O=C(NCC1(CCl)CC1)C1CCCO1. The predicted octanol–water partition coefficient (Wildman–Crippen LogP) is 1.30. The number of carbonyl (C=O) groups is 1. The van der Waals surface area contributed by atoms with Crippen LogP contribution < -0.4 is 5.32 Å². The van der Waals surface area contributed by atoms with Gasteiger partial charge in [0.1, 0.15) is 6.10 Å². The molecule has 0 radical (unpaired) electrons. The minimum atomic E-state index is -0.207. The Labute approximate surface area is 89.1 Å². The van der Waals surface area contributed by atoms with Crippen LogP contribution in [-0.2, 0) is 9.53 Å². The first-order valence-electron chi connectivity index (χ1n) is 5.21. The van der Waals surface area contributed by atoms with E-state index in [0.29, 0.717) is 5.88 Å². The van der Waals surface area contributed by atoms with E-state index in [4.69, 9.17) is 16.3 Å². The van der Waals surface area contributed by atoms with Gasteiger partial charge in [-0.05, 0) is 25.7 Å². The lowest BCUT2D eigenvalue weighted by Gasteiger charge is -2.14. The van der Waals surface area contributed by atoms with E-state index in [0.717, 1.165) is 38.8 Å². The molecule has 1 N–H and O–H groups in total. The second-order valence-electron chi connectivity index (χ2n) is 4.35. The van der Waals surface area contributed by atoms with Crippen molar-refractivity contribution < 1.29 is 9.53 Å².